The minimum atomic E-state index is -0.552. The second kappa shape index (κ2) is 14.3. The largest absolute Gasteiger partial charge is 0.494 e. The summed E-state index contributed by atoms with van der Waals surface area (Å²) in [5.41, 5.74) is 10.9. The van der Waals surface area contributed by atoms with Crippen LogP contribution >= 0.6 is 0 Å². The van der Waals surface area contributed by atoms with Crippen LogP contribution < -0.4 is 30.7 Å². The number of rotatable bonds is 10. The first kappa shape index (κ1) is 35.6. The van der Waals surface area contributed by atoms with E-state index in [1.54, 1.807) is 30.3 Å². The quantitative estimate of drug-likeness (QED) is 0.169. The molecular formula is C42H45FN10O4. The fourth-order valence-corrected chi connectivity index (χ4v) is 9.50. The highest BCUT2D eigenvalue weighted by atomic mass is 19.1. The number of amides is 2. The molecule has 0 radical (unpaired) electrons. The number of ether oxygens (including phenoxy) is 2. The van der Waals surface area contributed by atoms with Crippen LogP contribution in [0.4, 0.5) is 21.6 Å². The molecule has 3 aromatic carbocycles. The number of likely N-dealkylation sites (tertiary alicyclic amines) is 2. The first-order valence-corrected chi connectivity index (χ1v) is 19.8. The second-order valence-corrected chi connectivity index (χ2v) is 16.1. The van der Waals surface area contributed by atoms with Crippen molar-refractivity contribution in [1.29, 1.82) is 0 Å². The number of nitrogens with one attached hydrogen (secondary N) is 2. The maximum Gasteiger partial charge on any atom is 0.249 e. The third-order valence-electron chi connectivity index (χ3n) is 12.7. The zero-order valence-electron chi connectivity index (χ0n) is 31.7. The van der Waals surface area contributed by atoms with Gasteiger partial charge in [0.15, 0.2) is 17.1 Å². The number of methoxy groups -OCH3 is 1. The Bertz CT molecular complexity index is 2310. The molecule has 1 aliphatic carbocycles. The van der Waals surface area contributed by atoms with E-state index in [-0.39, 0.29) is 35.4 Å². The first-order chi connectivity index (χ1) is 27.8. The fourth-order valence-electron chi connectivity index (χ4n) is 9.50. The highest BCUT2D eigenvalue weighted by Crippen LogP contribution is 2.47. The summed E-state index contributed by atoms with van der Waals surface area (Å²) in [7, 11) is 1.42. The van der Waals surface area contributed by atoms with Crippen LogP contribution in [0.15, 0.2) is 73.1 Å². The Morgan fingerprint density at radius 1 is 0.842 bits per heavy atom. The average molecular weight is 773 g/mol. The highest BCUT2D eigenvalue weighted by molar-refractivity contribution is 6.01. The van der Waals surface area contributed by atoms with Crippen LogP contribution in [-0.2, 0) is 9.59 Å². The molecule has 3 atom stereocenters. The summed E-state index contributed by atoms with van der Waals surface area (Å²) in [5, 5.41) is 11.5. The molecule has 3 unspecified atom stereocenters. The van der Waals surface area contributed by atoms with Gasteiger partial charge in [-0.25, -0.2) is 14.6 Å². The van der Waals surface area contributed by atoms with Crippen molar-refractivity contribution in [3.63, 3.8) is 0 Å². The summed E-state index contributed by atoms with van der Waals surface area (Å²) >= 11 is 0. The lowest BCUT2D eigenvalue weighted by atomic mass is 9.98. The van der Waals surface area contributed by atoms with E-state index < -0.39 is 5.82 Å². The van der Waals surface area contributed by atoms with Crippen molar-refractivity contribution in [2.24, 2.45) is 11.8 Å². The van der Waals surface area contributed by atoms with E-state index in [4.69, 9.17) is 20.3 Å². The second-order valence-electron chi connectivity index (χ2n) is 16.1. The van der Waals surface area contributed by atoms with E-state index in [0.29, 0.717) is 48.3 Å². The molecule has 57 heavy (non-hydrogen) atoms. The summed E-state index contributed by atoms with van der Waals surface area (Å²) < 4.78 is 27.7. The molecule has 5 aromatic rings. The van der Waals surface area contributed by atoms with Gasteiger partial charge in [-0.05, 0) is 91.8 Å². The van der Waals surface area contributed by atoms with E-state index in [2.05, 4.69) is 52.1 Å². The number of hydrogen-bond acceptors (Lipinski definition) is 12. The van der Waals surface area contributed by atoms with Gasteiger partial charge in [0.05, 0.1) is 18.5 Å². The van der Waals surface area contributed by atoms with Gasteiger partial charge in [-0.2, -0.15) is 9.49 Å². The number of fused-ring (bicyclic) bond motifs is 2. The van der Waals surface area contributed by atoms with Gasteiger partial charge in [0.1, 0.15) is 29.6 Å². The normalized spacial score (nSPS) is 24.3. The summed E-state index contributed by atoms with van der Waals surface area (Å²) in [6, 6.07) is 21.5. The highest BCUT2D eigenvalue weighted by Gasteiger charge is 2.48. The molecule has 1 saturated carbocycles. The van der Waals surface area contributed by atoms with Gasteiger partial charge in [0, 0.05) is 74.7 Å². The number of piperidine rings is 1. The summed E-state index contributed by atoms with van der Waals surface area (Å²) in [6.45, 7) is 6.53. The molecule has 10 rings (SSSR count). The smallest absolute Gasteiger partial charge is 0.249 e. The molecule has 4 N–H and O–H groups in total. The lowest BCUT2D eigenvalue weighted by molar-refractivity contribution is -0.133. The molecule has 0 spiro atoms. The van der Waals surface area contributed by atoms with Crippen LogP contribution in [0.1, 0.15) is 31.7 Å². The summed E-state index contributed by atoms with van der Waals surface area (Å²) in [5.74, 6) is 1.31. The molecule has 4 saturated heterocycles. The number of halogens is 1. The van der Waals surface area contributed by atoms with Crippen LogP contribution in [0.2, 0.25) is 0 Å². The van der Waals surface area contributed by atoms with Crippen molar-refractivity contribution < 1.29 is 23.5 Å². The summed E-state index contributed by atoms with van der Waals surface area (Å²) in [6.07, 6.45) is 4.49. The molecule has 5 aliphatic rings. The Hall–Kier alpha value is -5.80. The summed E-state index contributed by atoms with van der Waals surface area (Å²) in [4.78, 5) is 40.3. The minimum absolute atomic E-state index is 0.0864. The minimum Gasteiger partial charge on any atom is -0.494 e. The lowest BCUT2D eigenvalue weighted by Crippen LogP contribution is -2.69. The van der Waals surface area contributed by atoms with Crippen LogP contribution in [0.3, 0.4) is 0 Å². The molecule has 14 nitrogen and oxygen atoms in total. The number of aromatic nitrogens is 4. The van der Waals surface area contributed by atoms with Crippen molar-refractivity contribution in [3.05, 3.63) is 78.9 Å². The SMILES string of the molecule is COc1cccc(Oc2ccc(-c3nn(C4CC5CN(C6CN(C7CN(c8ccc(NC9CCC(=O)NC9=O)cc8)C7)C6)CC5C4)c4ncnc(N)c34)cc2)c1F. The number of nitrogen functional groups attached to an aromatic ring is 1. The molecule has 4 aliphatic heterocycles. The Morgan fingerprint density at radius 2 is 1.54 bits per heavy atom. The molecule has 6 heterocycles. The Labute approximate surface area is 329 Å². The topological polar surface area (TPSA) is 156 Å². The zero-order valence-corrected chi connectivity index (χ0v) is 31.7. The van der Waals surface area contributed by atoms with Crippen molar-refractivity contribution in [3.8, 4) is 28.5 Å². The Morgan fingerprint density at radius 3 is 2.26 bits per heavy atom. The number of carbonyl (C=O) groups is 2. The number of anilines is 3. The molecule has 2 amide bonds. The van der Waals surface area contributed by atoms with Crippen molar-refractivity contribution in [2.75, 3.05) is 62.3 Å². The van der Waals surface area contributed by atoms with E-state index >= 15 is 0 Å². The maximum absolute atomic E-state index is 14.7. The van der Waals surface area contributed by atoms with Gasteiger partial charge >= 0.3 is 0 Å². The monoisotopic (exact) mass is 772 g/mol. The molecule has 15 heteroatoms. The van der Waals surface area contributed by atoms with Crippen LogP contribution in [-0.4, -0.2) is 106 Å². The van der Waals surface area contributed by atoms with E-state index in [9.17, 15) is 14.0 Å². The van der Waals surface area contributed by atoms with Crippen LogP contribution in [0, 0.1) is 17.7 Å². The molecule has 2 aromatic heterocycles. The number of nitrogens with zero attached hydrogens (tertiary/aromatic N) is 7. The van der Waals surface area contributed by atoms with E-state index in [0.717, 1.165) is 80.1 Å². The molecule has 0 bridgehead atoms. The van der Waals surface area contributed by atoms with Gasteiger partial charge in [0.25, 0.3) is 0 Å². The van der Waals surface area contributed by atoms with Gasteiger partial charge in [-0.1, -0.05) is 6.07 Å². The fraction of sp³-hybridized carbons (Fsp3) is 0.405. The lowest BCUT2D eigenvalue weighted by Gasteiger charge is -2.54. The maximum atomic E-state index is 14.7. The zero-order chi connectivity index (χ0) is 38.8. The standard InChI is InChI=1S/C42H45FN10O4/c1-56-34-3-2-4-35(38(34)43)57-32-11-5-24(6-12-32)39-37-40(44)45-23-46-41(37)53(49-39)29-15-25-17-50(18-26(25)16-29)30-21-52(22-30)31-19-51(20-31)28-9-7-27(8-10-28)47-33-13-14-36(54)48-42(33)55/h2-12,23,25-26,29-31,33,47H,13-22H2,1H3,(H2,44,45,46)(H,48,54,55). The van der Waals surface area contributed by atoms with E-state index in [1.165, 1.54) is 19.1 Å². The van der Waals surface area contributed by atoms with Crippen molar-refractivity contribution >= 4 is 40.0 Å². The number of benzene rings is 3. The van der Waals surface area contributed by atoms with Crippen LogP contribution in [0.5, 0.6) is 17.2 Å². The predicted octanol–water partition coefficient (Wildman–Crippen LogP) is 4.69. The van der Waals surface area contributed by atoms with Gasteiger partial charge in [-0.3, -0.25) is 24.7 Å². The van der Waals surface area contributed by atoms with Gasteiger partial charge < -0.3 is 25.4 Å². The number of carbonyl (C=O) groups excluding carboxylic acids is 2. The molecule has 294 valence electrons. The van der Waals surface area contributed by atoms with Crippen LogP contribution in [0.25, 0.3) is 22.3 Å². The van der Waals surface area contributed by atoms with E-state index in [1.807, 2.05) is 24.3 Å². The average Bonchev–Trinajstić information content (AvgIpc) is 3.88. The Kier molecular flexibility index (Phi) is 8.93. The van der Waals surface area contributed by atoms with Crippen molar-refractivity contribution in [2.45, 2.75) is 49.9 Å². The molecule has 5 fully saturated rings. The molecular weight excluding hydrogens is 728 g/mol. The van der Waals surface area contributed by atoms with Gasteiger partial charge in [-0.15, -0.1) is 0 Å². The number of nitrogens with two attached hydrogens (primary N) is 1. The third-order valence-corrected chi connectivity index (χ3v) is 12.7. The number of imide groups is 1. The first-order valence-electron chi connectivity index (χ1n) is 19.8. The Balaban J connectivity index is 0.728. The van der Waals surface area contributed by atoms with Gasteiger partial charge in [0.2, 0.25) is 17.6 Å². The third kappa shape index (κ3) is 6.57. The predicted molar refractivity (Wildman–Crippen MR) is 213 cm³/mol. The number of hydrogen-bond donors (Lipinski definition) is 3. The van der Waals surface area contributed by atoms with Crippen molar-refractivity contribution in [1.82, 2.24) is 34.9 Å².